The van der Waals surface area contributed by atoms with Gasteiger partial charge in [0.1, 0.15) is 36.6 Å². The Labute approximate surface area is 138 Å². The number of rotatable bonds is 9. The fourth-order valence-corrected chi connectivity index (χ4v) is 0.734. The Hall–Kier alpha value is -0.770. The number of aliphatic hydroxyl groups is 11. The number of hydrogen-bond acceptors (Lipinski definition) is 12. The lowest BCUT2D eigenvalue weighted by Crippen LogP contribution is -2.46. The summed E-state index contributed by atoms with van der Waals surface area (Å²) in [7, 11) is 0. The monoisotopic (exact) mass is 364 g/mol. The lowest BCUT2D eigenvalue weighted by atomic mass is 10.0. The molecular formula is C12H28O12. The van der Waals surface area contributed by atoms with Crippen molar-refractivity contribution in [3.05, 3.63) is 0 Å². The Balaban J connectivity index is -0.000000309. The van der Waals surface area contributed by atoms with E-state index in [-0.39, 0.29) is 32.7 Å². The van der Waals surface area contributed by atoms with Crippen LogP contribution in [-0.4, -0.2) is 132 Å². The molecule has 11 N–H and O–H groups in total. The highest BCUT2D eigenvalue weighted by atomic mass is 16.4. The molecule has 0 aliphatic carbocycles. The summed E-state index contributed by atoms with van der Waals surface area (Å²) < 4.78 is 0. The molecule has 0 aromatic carbocycles. The van der Waals surface area contributed by atoms with E-state index in [1.54, 1.807) is 0 Å². The van der Waals surface area contributed by atoms with Crippen LogP contribution in [0.1, 0.15) is 0 Å². The van der Waals surface area contributed by atoms with Gasteiger partial charge in [0.15, 0.2) is 6.29 Å². The van der Waals surface area contributed by atoms with Gasteiger partial charge in [-0.15, -0.1) is 0 Å². The van der Waals surface area contributed by atoms with Crippen LogP contribution in [0.2, 0.25) is 0 Å². The minimum atomic E-state index is -1.79. The Bertz CT molecular complexity index is 248. The molecule has 0 aliphatic heterocycles. The third kappa shape index (κ3) is 16.1. The van der Waals surface area contributed by atoms with E-state index in [2.05, 4.69) is 0 Å². The van der Waals surface area contributed by atoms with E-state index in [4.69, 9.17) is 56.2 Å². The molecular weight excluding hydrogens is 336 g/mol. The van der Waals surface area contributed by atoms with E-state index in [1.165, 1.54) is 0 Å². The van der Waals surface area contributed by atoms with Crippen LogP contribution in [0.15, 0.2) is 0 Å². The Kier molecular flexibility index (Phi) is 21.7. The van der Waals surface area contributed by atoms with Crippen molar-refractivity contribution < 1.29 is 61.0 Å². The third-order valence-electron chi connectivity index (χ3n) is 2.26. The first-order valence-electron chi connectivity index (χ1n) is 6.74. The quantitative estimate of drug-likeness (QED) is 0.171. The molecule has 0 saturated heterocycles. The molecule has 0 heterocycles. The summed E-state index contributed by atoms with van der Waals surface area (Å²) >= 11 is 0. The van der Waals surface area contributed by atoms with Crippen LogP contribution in [0.4, 0.5) is 0 Å². The van der Waals surface area contributed by atoms with Crippen LogP contribution in [0.3, 0.4) is 0 Å². The minimum Gasteiger partial charge on any atom is -0.394 e. The zero-order valence-corrected chi connectivity index (χ0v) is 12.9. The topological polar surface area (TPSA) is 240 Å². The van der Waals surface area contributed by atoms with Crippen LogP contribution in [0.25, 0.3) is 0 Å². The highest BCUT2D eigenvalue weighted by molar-refractivity contribution is 5.56. The van der Waals surface area contributed by atoms with Crippen LogP contribution >= 0.6 is 0 Å². The maximum absolute atomic E-state index is 9.90. The fourth-order valence-electron chi connectivity index (χ4n) is 0.734. The summed E-state index contributed by atoms with van der Waals surface area (Å²) in [5, 5.41) is 91.6. The lowest BCUT2D eigenvalue weighted by Gasteiger charge is -2.22. The molecule has 12 nitrogen and oxygen atoms in total. The van der Waals surface area contributed by atoms with Gasteiger partial charge in [0.2, 0.25) is 0 Å². The van der Waals surface area contributed by atoms with Gasteiger partial charge in [0, 0.05) is 0 Å². The Morgan fingerprint density at radius 1 is 0.583 bits per heavy atom. The molecule has 0 bridgehead atoms. The number of aldehydes is 1. The van der Waals surface area contributed by atoms with Crippen molar-refractivity contribution in [3.8, 4) is 0 Å². The number of carbonyl (C=O) groups excluding carboxylic acids is 1. The van der Waals surface area contributed by atoms with Crippen LogP contribution in [0, 0.1) is 0 Å². The second-order valence-corrected chi connectivity index (χ2v) is 4.40. The smallest absolute Gasteiger partial charge is 0.151 e. The molecule has 0 aromatic heterocycles. The maximum atomic E-state index is 9.90. The van der Waals surface area contributed by atoms with Crippen LogP contribution in [0.5, 0.6) is 0 Å². The molecule has 0 radical (unpaired) electrons. The molecule has 4 atom stereocenters. The van der Waals surface area contributed by atoms with Crippen molar-refractivity contribution >= 4 is 6.29 Å². The predicted molar refractivity (Wildman–Crippen MR) is 77.5 cm³/mol. The van der Waals surface area contributed by atoms with E-state index in [9.17, 15) is 4.79 Å². The number of carbonyl (C=O) groups is 1. The zero-order valence-electron chi connectivity index (χ0n) is 12.9. The van der Waals surface area contributed by atoms with Crippen LogP contribution in [-0.2, 0) is 4.79 Å². The lowest BCUT2D eigenvalue weighted by molar-refractivity contribution is -0.136. The van der Waals surface area contributed by atoms with Crippen molar-refractivity contribution in [1.29, 1.82) is 0 Å². The summed E-state index contributed by atoms with van der Waals surface area (Å²) in [6.45, 7) is -2.22. The SMILES string of the molecule is O=C[C@H](O)[C@@H](O)[C@H](O)[C@H](O)CO.OCC(O)CO.OCC(O)CO. The molecule has 0 unspecified atom stereocenters. The van der Waals surface area contributed by atoms with E-state index >= 15 is 0 Å². The van der Waals surface area contributed by atoms with Gasteiger partial charge < -0.3 is 61.0 Å². The number of aliphatic hydroxyl groups excluding tert-OH is 11. The van der Waals surface area contributed by atoms with Crippen molar-refractivity contribution in [1.82, 2.24) is 0 Å². The average Bonchev–Trinajstić information content (AvgIpc) is 2.64. The molecule has 24 heavy (non-hydrogen) atoms. The van der Waals surface area contributed by atoms with Crippen molar-refractivity contribution in [2.45, 2.75) is 36.6 Å². The molecule has 0 fully saturated rings. The maximum Gasteiger partial charge on any atom is 0.151 e. The van der Waals surface area contributed by atoms with E-state index < -0.39 is 43.2 Å². The van der Waals surface area contributed by atoms with E-state index in [0.717, 1.165) is 0 Å². The van der Waals surface area contributed by atoms with Gasteiger partial charge in [-0.1, -0.05) is 0 Å². The Morgan fingerprint density at radius 3 is 1.08 bits per heavy atom. The summed E-state index contributed by atoms with van der Waals surface area (Å²) in [5.41, 5.74) is 0. The largest absolute Gasteiger partial charge is 0.394 e. The second kappa shape index (κ2) is 18.6. The molecule has 0 aliphatic rings. The minimum absolute atomic E-state index is 0.0258. The highest BCUT2D eigenvalue weighted by Gasteiger charge is 2.29. The standard InChI is InChI=1S/C6H12O6.2C3H8O3/c7-1-3(9)5(11)6(12)4(10)2-8;2*4-1-3(6)2-5/h1,3-6,8-12H,2H2;2*3-6H,1-2H2/t3-,4+,5+,6+;;/m0../s1. The molecule has 0 aromatic rings. The van der Waals surface area contributed by atoms with Gasteiger partial charge in [0.25, 0.3) is 0 Å². The first kappa shape index (κ1) is 28.1. The highest BCUT2D eigenvalue weighted by Crippen LogP contribution is 2.02. The van der Waals surface area contributed by atoms with Gasteiger partial charge in [-0.05, 0) is 0 Å². The van der Waals surface area contributed by atoms with Gasteiger partial charge in [-0.3, -0.25) is 0 Å². The first-order valence-corrected chi connectivity index (χ1v) is 6.74. The molecule has 0 amide bonds. The van der Waals surface area contributed by atoms with Crippen LogP contribution < -0.4 is 0 Å². The summed E-state index contributed by atoms with van der Waals surface area (Å²) in [6.07, 6.45) is -8.75. The number of hydrogen-bond donors (Lipinski definition) is 11. The molecule has 0 saturated carbocycles. The fraction of sp³-hybridized carbons (Fsp3) is 0.917. The summed E-state index contributed by atoms with van der Waals surface area (Å²) in [6, 6.07) is 0. The van der Waals surface area contributed by atoms with Crippen molar-refractivity contribution in [2.24, 2.45) is 0 Å². The Morgan fingerprint density at radius 2 is 0.917 bits per heavy atom. The van der Waals surface area contributed by atoms with Crippen molar-refractivity contribution in [2.75, 3.05) is 33.0 Å². The summed E-state index contributed by atoms with van der Waals surface area (Å²) in [4.78, 5) is 9.90. The van der Waals surface area contributed by atoms with Crippen molar-refractivity contribution in [3.63, 3.8) is 0 Å². The van der Waals surface area contributed by atoms with E-state index in [1.807, 2.05) is 0 Å². The zero-order chi connectivity index (χ0) is 19.7. The third-order valence-corrected chi connectivity index (χ3v) is 2.26. The second-order valence-electron chi connectivity index (χ2n) is 4.40. The van der Waals surface area contributed by atoms with Gasteiger partial charge >= 0.3 is 0 Å². The molecule has 148 valence electrons. The molecule has 0 spiro atoms. The normalized spacial score (nSPS) is 15.5. The van der Waals surface area contributed by atoms with Gasteiger partial charge in [0.05, 0.1) is 33.0 Å². The van der Waals surface area contributed by atoms with Gasteiger partial charge in [-0.25, -0.2) is 0 Å². The van der Waals surface area contributed by atoms with E-state index in [0.29, 0.717) is 0 Å². The average molecular weight is 364 g/mol. The summed E-state index contributed by atoms with van der Waals surface area (Å²) in [5.74, 6) is 0. The molecule has 0 rings (SSSR count). The molecule has 12 heteroatoms. The first-order chi connectivity index (χ1) is 11.2. The predicted octanol–water partition coefficient (Wildman–Crippen LogP) is -6.71. The van der Waals surface area contributed by atoms with Gasteiger partial charge in [-0.2, -0.15) is 0 Å².